The van der Waals surface area contributed by atoms with Crippen molar-refractivity contribution in [3.63, 3.8) is 0 Å². The van der Waals surface area contributed by atoms with Crippen molar-refractivity contribution in [3.05, 3.63) is 36.5 Å². The molecular formula is C52H100NO7P. The van der Waals surface area contributed by atoms with Crippen LogP contribution in [0.1, 0.15) is 232 Å². The molecule has 0 bridgehead atoms. The third-order valence-electron chi connectivity index (χ3n) is 11.2. The van der Waals surface area contributed by atoms with Gasteiger partial charge in [0.15, 0.2) is 0 Å². The van der Waals surface area contributed by atoms with Crippen LogP contribution in [-0.4, -0.2) is 70.7 Å². The molecule has 0 amide bonds. The van der Waals surface area contributed by atoms with Crippen LogP contribution in [0.5, 0.6) is 0 Å². The standard InChI is InChI=1S/C52H100NO7P/c1-6-8-10-12-14-16-18-20-22-24-25-26-27-28-29-30-31-33-35-37-39-41-43-45-52(54)60-51(50-59-61(55,56)58-48-46-53(3,4)5)49-57-47-44-42-40-38-36-34-32-23-21-19-17-15-13-11-9-7-2/h9,11,15,17,21,23,51H,6-8,10,12-14,16,18-20,22,24-50H2,1-5H3/b11-9-,17-15-,23-21-. The molecule has 0 N–H and O–H groups in total. The van der Waals surface area contributed by atoms with E-state index in [1.807, 2.05) is 21.1 Å². The second kappa shape index (κ2) is 45.3. The minimum atomic E-state index is -4.53. The molecule has 8 nitrogen and oxygen atoms in total. The van der Waals surface area contributed by atoms with E-state index in [0.29, 0.717) is 24.1 Å². The molecule has 0 fully saturated rings. The smallest absolute Gasteiger partial charge is 0.306 e. The summed E-state index contributed by atoms with van der Waals surface area (Å²) in [6.45, 7) is 5.31. The molecule has 61 heavy (non-hydrogen) atoms. The molecule has 2 atom stereocenters. The fraction of sp³-hybridized carbons (Fsp3) is 0.865. The number of hydrogen-bond acceptors (Lipinski definition) is 7. The molecule has 0 aromatic heterocycles. The summed E-state index contributed by atoms with van der Waals surface area (Å²) in [7, 11) is 1.35. The van der Waals surface area contributed by atoms with Gasteiger partial charge in [0.05, 0.1) is 34.4 Å². The molecule has 0 aliphatic heterocycles. The first kappa shape index (κ1) is 59.7. The number of phosphoric ester groups is 1. The first-order valence-corrected chi connectivity index (χ1v) is 27.2. The fourth-order valence-electron chi connectivity index (χ4n) is 7.27. The van der Waals surface area contributed by atoms with Crippen LogP contribution < -0.4 is 4.89 Å². The van der Waals surface area contributed by atoms with Gasteiger partial charge in [0.2, 0.25) is 0 Å². The number of carbonyl (C=O) groups excluding carboxylic acids is 1. The predicted molar refractivity (Wildman–Crippen MR) is 259 cm³/mol. The average Bonchev–Trinajstić information content (AvgIpc) is 3.22. The highest BCUT2D eigenvalue weighted by Crippen LogP contribution is 2.38. The number of phosphoric acid groups is 1. The van der Waals surface area contributed by atoms with Gasteiger partial charge in [0.1, 0.15) is 19.3 Å². The van der Waals surface area contributed by atoms with Crippen LogP contribution in [0.15, 0.2) is 36.5 Å². The third kappa shape index (κ3) is 49.6. The minimum Gasteiger partial charge on any atom is -0.756 e. The highest BCUT2D eigenvalue weighted by atomic mass is 31.2. The van der Waals surface area contributed by atoms with E-state index in [1.165, 1.54) is 148 Å². The summed E-state index contributed by atoms with van der Waals surface area (Å²) in [4.78, 5) is 25.2. The number of nitrogens with zero attached hydrogens (tertiary/aromatic N) is 1. The van der Waals surface area contributed by atoms with Crippen LogP contribution in [0.3, 0.4) is 0 Å². The third-order valence-corrected chi connectivity index (χ3v) is 12.2. The zero-order valence-corrected chi connectivity index (χ0v) is 41.8. The summed E-state index contributed by atoms with van der Waals surface area (Å²) in [6.07, 6.45) is 54.6. The van der Waals surface area contributed by atoms with Crippen molar-refractivity contribution >= 4 is 13.8 Å². The summed E-state index contributed by atoms with van der Waals surface area (Å²) >= 11 is 0. The molecule has 0 rings (SSSR count). The van der Waals surface area contributed by atoms with Gasteiger partial charge in [0, 0.05) is 13.0 Å². The van der Waals surface area contributed by atoms with Crippen molar-refractivity contribution in [3.8, 4) is 0 Å². The Morgan fingerprint density at radius 3 is 1.43 bits per heavy atom. The first-order valence-electron chi connectivity index (χ1n) is 25.7. The van der Waals surface area contributed by atoms with Gasteiger partial charge in [-0.2, -0.15) is 0 Å². The average molecular weight is 882 g/mol. The van der Waals surface area contributed by atoms with Crippen LogP contribution in [0.4, 0.5) is 0 Å². The molecule has 0 aliphatic rings. The summed E-state index contributed by atoms with van der Waals surface area (Å²) in [5.41, 5.74) is 0. The summed E-state index contributed by atoms with van der Waals surface area (Å²) in [5.74, 6) is -0.335. The molecule has 0 aromatic carbocycles. The van der Waals surface area contributed by atoms with Crippen LogP contribution in [0.25, 0.3) is 0 Å². The van der Waals surface area contributed by atoms with Gasteiger partial charge in [-0.15, -0.1) is 0 Å². The maximum Gasteiger partial charge on any atom is 0.306 e. The van der Waals surface area contributed by atoms with Crippen LogP contribution >= 0.6 is 7.82 Å². The van der Waals surface area contributed by atoms with Crippen molar-refractivity contribution in [2.75, 3.05) is 54.1 Å². The van der Waals surface area contributed by atoms with Crippen molar-refractivity contribution in [2.45, 2.75) is 238 Å². The topological polar surface area (TPSA) is 94.1 Å². The van der Waals surface area contributed by atoms with E-state index < -0.39 is 13.9 Å². The predicted octanol–water partition coefficient (Wildman–Crippen LogP) is 15.1. The molecule has 0 spiro atoms. The number of ether oxygens (including phenoxy) is 2. The molecule has 0 heterocycles. The van der Waals surface area contributed by atoms with Crippen molar-refractivity contribution in [1.29, 1.82) is 0 Å². The quantitative estimate of drug-likeness (QED) is 0.0197. The maximum atomic E-state index is 12.7. The second-order valence-electron chi connectivity index (χ2n) is 18.5. The number of carbonyl (C=O) groups is 1. The molecule has 0 aliphatic carbocycles. The van der Waals surface area contributed by atoms with E-state index in [9.17, 15) is 14.3 Å². The molecule has 0 radical (unpaired) electrons. The molecule has 2 unspecified atom stereocenters. The highest BCUT2D eigenvalue weighted by molar-refractivity contribution is 7.45. The number of rotatable bonds is 48. The lowest BCUT2D eigenvalue weighted by atomic mass is 10.0. The maximum absolute atomic E-state index is 12.7. The van der Waals surface area contributed by atoms with E-state index in [0.717, 1.165) is 64.2 Å². The van der Waals surface area contributed by atoms with Crippen molar-refractivity contribution in [2.24, 2.45) is 0 Å². The van der Waals surface area contributed by atoms with Gasteiger partial charge in [0.25, 0.3) is 7.82 Å². The van der Waals surface area contributed by atoms with Gasteiger partial charge < -0.3 is 27.9 Å². The van der Waals surface area contributed by atoms with E-state index in [1.54, 1.807) is 0 Å². The van der Waals surface area contributed by atoms with E-state index in [-0.39, 0.29) is 25.8 Å². The summed E-state index contributed by atoms with van der Waals surface area (Å²) < 4.78 is 34.7. The fourth-order valence-corrected chi connectivity index (χ4v) is 8.00. The largest absolute Gasteiger partial charge is 0.756 e. The number of hydrogen-bond donors (Lipinski definition) is 0. The zero-order chi connectivity index (χ0) is 44.8. The summed E-state index contributed by atoms with van der Waals surface area (Å²) in [6, 6.07) is 0. The number of likely N-dealkylation sites (N-methyl/N-ethyl adjacent to an activating group) is 1. The second-order valence-corrected chi connectivity index (χ2v) is 19.9. The molecule has 360 valence electrons. The minimum absolute atomic E-state index is 0.0243. The summed E-state index contributed by atoms with van der Waals surface area (Å²) in [5, 5.41) is 0. The Bertz CT molecular complexity index is 1070. The van der Waals surface area contributed by atoms with Gasteiger partial charge in [-0.25, -0.2) is 0 Å². The van der Waals surface area contributed by atoms with Crippen LogP contribution in [0, 0.1) is 0 Å². The Balaban J connectivity index is 4.09. The van der Waals surface area contributed by atoms with Crippen molar-refractivity contribution in [1.82, 2.24) is 0 Å². The Hall–Kier alpha value is -1.28. The van der Waals surface area contributed by atoms with Crippen molar-refractivity contribution < 1.29 is 37.3 Å². The normalized spacial score (nSPS) is 13.9. The Morgan fingerprint density at radius 1 is 0.525 bits per heavy atom. The number of esters is 1. The van der Waals surface area contributed by atoms with Gasteiger partial charge in [-0.05, 0) is 44.9 Å². The van der Waals surface area contributed by atoms with Gasteiger partial charge >= 0.3 is 5.97 Å². The molecule has 0 saturated heterocycles. The Morgan fingerprint density at radius 2 is 0.951 bits per heavy atom. The van der Waals surface area contributed by atoms with E-state index in [4.69, 9.17) is 18.5 Å². The van der Waals surface area contributed by atoms with E-state index >= 15 is 0 Å². The van der Waals surface area contributed by atoms with E-state index in [2.05, 4.69) is 50.3 Å². The molecule has 9 heteroatoms. The molecule has 0 aromatic rings. The first-order chi connectivity index (χ1) is 29.6. The number of quaternary nitrogens is 1. The van der Waals surface area contributed by atoms with Gasteiger partial charge in [-0.3, -0.25) is 9.36 Å². The number of allylic oxidation sites excluding steroid dienone is 6. The Kier molecular flexibility index (Phi) is 44.3. The van der Waals surface area contributed by atoms with Gasteiger partial charge in [-0.1, -0.05) is 217 Å². The SMILES string of the molecule is CC/C=C\C/C=C\C/C=C\CCCCCCCCOCC(COP(=O)([O-])OCC[N+](C)(C)C)OC(=O)CCCCCCCCCCCCCCCCCCCCCCCCC. The molecular weight excluding hydrogens is 782 g/mol. The Labute approximate surface area is 378 Å². The lowest BCUT2D eigenvalue weighted by Crippen LogP contribution is -2.37. The lowest BCUT2D eigenvalue weighted by molar-refractivity contribution is -0.870. The monoisotopic (exact) mass is 882 g/mol. The van der Waals surface area contributed by atoms with Crippen LogP contribution in [0.2, 0.25) is 0 Å². The number of unbranched alkanes of at least 4 members (excludes halogenated alkanes) is 28. The lowest BCUT2D eigenvalue weighted by Gasteiger charge is -2.28. The van der Waals surface area contributed by atoms with Crippen LogP contribution in [-0.2, 0) is 27.9 Å². The zero-order valence-electron chi connectivity index (χ0n) is 40.9. The highest BCUT2D eigenvalue weighted by Gasteiger charge is 2.20. The molecule has 0 saturated carbocycles.